The summed E-state index contributed by atoms with van der Waals surface area (Å²) in [5, 5.41) is 35.7. The molecular weight excluding hydrogens is 496 g/mol. The van der Waals surface area contributed by atoms with Crippen LogP contribution >= 0.6 is 0 Å². The molecule has 216 valence electrons. The molecule has 3 rings (SSSR count). The first-order valence-electron chi connectivity index (χ1n) is 13.4. The number of likely N-dealkylation sites (tertiary alicyclic amines) is 1. The number of amides is 3. The minimum atomic E-state index is -1.13. The lowest BCUT2D eigenvalue weighted by molar-refractivity contribution is -0.909. The summed E-state index contributed by atoms with van der Waals surface area (Å²) in [7, 11) is 1.29. The predicted octanol–water partition coefficient (Wildman–Crippen LogP) is -4.23. The quantitative estimate of drug-likeness (QED) is 0.0941. The van der Waals surface area contributed by atoms with Crippen molar-refractivity contribution < 1.29 is 39.3 Å². The Labute approximate surface area is 223 Å². The van der Waals surface area contributed by atoms with E-state index in [4.69, 9.17) is 16.2 Å². The van der Waals surface area contributed by atoms with Crippen LogP contribution in [0.2, 0.25) is 0 Å². The lowest BCUT2D eigenvalue weighted by Crippen LogP contribution is -3.18. The molecule has 0 aromatic rings. The highest BCUT2D eigenvalue weighted by atomic mass is 16.5. The number of aliphatic hydroxyl groups is 3. The largest absolute Gasteiger partial charge is 0.393 e. The van der Waals surface area contributed by atoms with E-state index in [1.165, 1.54) is 12.0 Å². The molecule has 0 radical (unpaired) electrons. The van der Waals surface area contributed by atoms with Gasteiger partial charge in [0, 0.05) is 19.7 Å². The van der Waals surface area contributed by atoms with E-state index < -0.39 is 61.1 Å². The average molecular weight is 542 g/mol. The third kappa shape index (κ3) is 6.89. The number of hydrogen-bond donors (Lipinski definition) is 8. The van der Waals surface area contributed by atoms with E-state index in [0.717, 1.165) is 17.0 Å². The summed E-state index contributed by atoms with van der Waals surface area (Å²) < 4.78 is 4.99. The Kier molecular flexibility index (Phi) is 10.6. The van der Waals surface area contributed by atoms with Crippen molar-refractivity contribution in [1.29, 1.82) is 0 Å². The van der Waals surface area contributed by atoms with Gasteiger partial charge in [0.2, 0.25) is 11.8 Å². The van der Waals surface area contributed by atoms with Crippen molar-refractivity contribution in [2.24, 2.45) is 23.3 Å². The minimum Gasteiger partial charge on any atom is -0.393 e. The standard InChI is InChI=1S/C25H44N6O7/c1-13(2)21(29-23(36)20(12-32)38-3)24(37)31-16-10-19(34)18(33)9-15(16)8-17(31)22(35)28-6-4-14-5-7-30(11-14)25(26)27/h5,13,15-21,25,32-34H,4,6-12,26-27H2,1-3H3,(H,28,35)(H,29,36)/p+1. The molecule has 1 saturated carbocycles. The number of aliphatic hydroxyl groups excluding tert-OH is 3. The maximum Gasteiger partial charge on any atom is 0.252 e. The molecule has 10 N–H and O–H groups in total. The van der Waals surface area contributed by atoms with Gasteiger partial charge in [0.15, 0.2) is 12.4 Å². The number of rotatable bonds is 11. The number of fused-ring (bicyclic) bond motifs is 1. The van der Waals surface area contributed by atoms with Crippen LogP contribution in [-0.4, -0.2) is 114 Å². The molecule has 0 aromatic carbocycles. The number of quaternary nitrogens is 1. The van der Waals surface area contributed by atoms with Crippen molar-refractivity contribution in [3.63, 3.8) is 0 Å². The van der Waals surface area contributed by atoms with Gasteiger partial charge in [-0.25, -0.2) is 0 Å². The first-order chi connectivity index (χ1) is 18.0. The molecule has 1 saturated heterocycles. The predicted molar refractivity (Wildman–Crippen MR) is 137 cm³/mol. The van der Waals surface area contributed by atoms with Crippen molar-refractivity contribution in [3.05, 3.63) is 11.6 Å². The van der Waals surface area contributed by atoms with Gasteiger partial charge in [0.25, 0.3) is 5.91 Å². The number of hydrogen-bond acceptors (Lipinski definition) is 9. The number of ether oxygens (including phenoxy) is 1. The van der Waals surface area contributed by atoms with Crippen molar-refractivity contribution in [1.82, 2.24) is 15.5 Å². The molecular formula is C25H45N6O7+. The third-order valence-electron chi connectivity index (χ3n) is 8.09. The van der Waals surface area contributed by atoms with Crippen LogP contribution in [0, 0.1) is 11.8 Å². The van der Waals surface area contributed by atoms with E-state index in [9.17, 15) is 29.7 Å². The molecule has 3 aliphatic rings. The summed E-state index contributed by atoms with van der Waals surface area (Å²) in [6, 6.07) is -2.23. The number of nitrogens with one attached hydrogen (secondary N) is 3. The van der Waals surface area contributed by atoms with Crippen LogP contribution < -0.4 is 27.0 Å². The monoisotopic (exact) mass is 541 g/mol. The first-order valence-corrected chi connectivity index (χ1v) is 13.4. The van der Waals surface area contributed by atoms with E-state index in [1.54, 1.807) is 13.8 Å². The Morgan fingerprint density at radius 1 is 1.18 bits per heavy atom. The second kappa shape index (κ2) is 13.3. The summed E-state index contributed by atoms with van der Waals surface area (Å²) in [5.41, 5.74) is 12.7. The highest BCUT2D eigenvalue weighted by Crippen LogP contribution is 2.40. The number of nitrogens with zero attached hydrogens (tertiary/aromatic N) is 1. The van der Waals surface area contributed by atoms with Gasteiger partial charge in [-0.2, -0.15) is 0 Å². The summed E-state index contributed by atoms with van der Waals surface area (Å²) in [5.74, 6) is -1.86. The van der Waals surface area contributed by atoms with E-state index in [0.29, 0.717) is 25.9 Å². The molecule has 3 amide bonds. The zero-order valence-electron chi connectivity index (χ0n) is 22.5. The molecule has 2 heterocycles. The van der Waals surface area contributed by atoms with Crippen molar-refractivity contribution in [3.8, 4) is 0 Å². The first kappa shape index (κ1) is 30.4. The van der Waals surface area contributed by atoms with Gasteiger partial charge < -0.3 is 40.5 Å². The van der Waals surface area contributed by atoms with Gasteiger partial charge in [-0.05, 0) is 49.2 Å². The van der Waals surface area contributed by atoms with Gasteiger partial charge in [-0.15, -0.1) is 0 Å². The second-order valence-corrected chi connectivity index (χ2v) is 11.0. The van der Waals surface area contributed by atoms with Crippen molar-refractivity contribution in [2.75, 3.05) is 33.4 Å². The molecule has 0 bridgehead atoms. The van der Waals surface area contributed by atoms with Crippen LogP contribution in [0.4, 0.5) is 0 Å². The molecule has 0 spiro atoms. The fourth-order valence-electron chi connectivity index (χ4n) is 5.80. The summed E-state index contributed by atoms with van der Waals surface area (Å²) >= 11 is 0. The minimum absolute atomic E-state index is 0.141. The van der Waals surface area contributed by atoms with Gasteiger partial charge >= 0.3 is 0 Å². The molecule has 13 heteroatoms. The molecule has 2 aliphatic heterocycles. The second-order valence-electron chi connectivity index (χ2n) is 11.0. The Bertz CT molecular complexity index is 880. The maximum absolute atomic E-state index is 13.9. The van der Waals surface area contributed by atoms with E-state index >= 15 is 0 Å². The molecule has 8 unspecified atom stereocenters. The summed E-state index contributed by atoms with van der Waals surface area (Å²) in [4.78, 5) is 42.5. The SMILES string of the molecule is COC(CO)C(=O)NC(C(=O)N1C(C(=O)NCCC2=CC[NH+](C(N)N)C2)CC2CC(O)C(O)CC21)C(C)C. The van der Waals surface area contributed by atoms with E-state index in [2.05, 4.69) is 16.7 Å². The van der Waals surface area contributed by atoms with Crippen molar-refractivity contribution >= 4 is 17.7 Å². The van der Waals surface area contributed by atoms with Crippen LogP contribution in [0.25, 0.3) is 0 Å². The zero-order chi connectivity index (χ0) is 28.1. The molecule has 38 heavy (non-hydrogen) atoms. The molecule has 1 aliphatic carbocycles. The molecule has 2 fully saturated rings. The lowest BCUT2D eigenvalue weighted by Gasteiger charge is -2.39. The van der Waals surface area contributed by atoms with Gasteiger partial charge in [-0.1, -0.05) is 13.8 Å². The number of carbonyl (C=O) groups excluding carboxylic acids is 3. The maximum atomic E-state index is 13.9. The van der Waals surface area contributed by atoms with Gasteiger partial charge in [0.05, 0.1) is 25.4 Å². The van der Waals surface area contributed by atoms with Crippen LogP contribution in [0.3, 0.4) is 0 Å². The smallest absolute Gasteiger partial charge is 0.252 e. The highest BCUT2D eigenvalue weighted by Gasteiger charge is 2.52. The topological polar surface area (TPSA) is 205 Å². The van der Waals surface area contributed by atoms with Crippen LogP contribution in [0.15, 0.2) is 11.6 Å². The lowest BCUT2D eigenvalue weighted by atomic mass is 9.81. The molecule has 13 nitrogen and oxygen atoms in total. The molecule has 8 atom stereocenters. The average Bonchev–Trinajstić information content (AvgIpc) is 3.48. The van der Waals surface area contributed by atoms with Crippen LogP contribution in [-0.2, 0) is 19.1 Å². The number of carbonyl (C=O) groups is 3. The molecule has 0 aromatic heterocycles. The normalized spacial score (nSPS) is 30.7. The summed E-state index contributed by atoms with van der Waals surface area (Å²) in [6.07, 6.45) is -0.0395. The number of nitrogens with two attached hydrogens (primary N) is 2. The summed E-state index contributed by atoms with van der Waals surface area (Å²) in [6.45, 7) is 4.85. The Morgan fingerprint density at radius 2 is 1.87 bits per heavy atom. The number of methoxy groups -OCH3 is 1. The zero-order valence-corrected chi connectivity index (χ0v) is 22.5. The van der Waals surface area contributed by atoms with Crippen LogP contribution in [0.1, 0.15) is 39.5 Å². The Balaban J connectivity index is 1.74. The highest BCUT2D eigenvalue weighted by molar-refractivity contribution is 5.93. The fourth-order valence-corrected chi connectivity index (χ4v) is 5.80. The third-order valence-corrected chi connectivity index (χ3v) is 8.09. The van der Waals surface area contributed by atoms with Crippen LogP contribution in [0.5, 0.6) is 0 Å². The fraction of sp³-hybridized carbons (Fsp3) is 0.800. The van der Waals surface area contributed by atoms with Crippen molar-refractivity contribution in [2.45, 2.75) is 82.3 Å². The van der Waals surface area contributed by atoms with E-state index in [-0.39, 0.29) is 30.6 Å². The Hall–Kier alpha value is -2.13. The van der Waals surface area contributed by atoms with Gasteiger partial charge in [-0.3, -0.25) is 25.9 Å². The van der Waals surface area contributed by atoms with Gasteiger partial charge in [0.1, 0.15) is 18.6 Å². The van der Waals surface area contributed by atoms with E-state index in [1.807, 2.05) is 0 Å². The Morgan fingerprint density at radius 3 is 2.45 bits per heavy atom.